The molecule has 0 saturated heterocycles. The molecule has 1 aromatic heterocycles. The number of nitrogens with zero attached hydrogens (tertiary/aromatic N) is 2. The summed E-state index contributed by atoms with van der Waals surface area (Å²) in [6.07, 6.45) is 2.94. The van der Waals surface area contributed by atoms with Crippen molar-refractivity contribution in [3.8, 4) is 0 Å². The summed E-state index contributed by atoms with van der Waals surface area (Å²) in [6.45, 7) is 7.82. The van der Waals surface area contributed by atoms with Crippen LogP contribution in [0.25, 0.3) is 0 Å². The number of ether oxygens (including phenoxy) is 1. The molecule has 1 heterocycles. The van der Waals surface area contributed by atoms with Crippen LogP contribution in [-0.4, -0.2) is 34.8 Å². The fraction of sp³-hybridized carbons (Fsp3) is 0.600. The Bertz CT molecular complexity index is 516. The molecule has 2 atom stereocenters. The Hall–Kier alpha value is -1.66. The first kappa shape index (κ1) is 15.7. The lowest BCUT2D eigenvalue weighted by atomic mass is 9.64. The molecule has 1 aliphatic rings. The molecule has 2 rings (SSSR count). The van der Waals surface area contributed by atoms with Crippen LogP contribution < -0.4 is 11.1 Å². The molecular formula is C15H24N4O2. The van der Waals surface area contributed by atoms with E-state index in [0.29, 0.717) is 24.4 Å². The number of nitrogens with one attached hydrogen (secondary N) is 1. The fourth-order valence-corrected chi connectivity index (χ4v) is 2.81. The molecular weight excluding hydrogens is 268 g/mol. The Morgan fingerprint density at radius 3 is 3.00 bits per heavy atom. The summed E-state index contributed by atoms with van der Waals surface area (Å²) in [7, 11) is 0. The van der Waals surface area contributed by atoms with E-state index < -0.39 is 0 Å². The van der Waals surface area contributed by atoms with Crippen LogP contribution >= 0.6 is 0 Å². The van der Waals surface area contributed by atoms with Gasteiger partial charge in [0.05, 0.1) is 6.10 Å². The van der Waals surface area contributed by atoms with Gasteiger partial charge in [-0.15, -0.1) is 0 Å². The Morgan fingerprint density at radius 2 is 2.38 bits per heavy atom. The van der Waals surface area contributed by atoms with Crippen molar-refractivity contribution in [2.24, 2.45) is 16.3 Å². The number of nitrogens with two attached hydrogens (primary N) is 1. The zero-order valence-electron chi connectivity index (χ0n) is 12.8. The van der Waals surface area contributed by atoms with Crippen LogP contribution in [0.15, 0.2) is 23.5 Å². The van der Waals surface area contributed by atoms with Gasteiger partial charge >= 0.3 is 0 Å². The van der Waals surface area contributed by atoms with Gasteiger partial charge in [0.2, 0.25) is 0 Å². The third-order valence-corrected chi connectivity index (χ3v) is 4.33. The van der Waals surface area contributed by atoms with Crippen molar-refractivity contribution >= 4 is 5.84 Å². The van der Waals surface area contributed by atoms with Crippen LogP contribution in [0.2, 0.25) is 0 Å². The predicted molar refractivity (Wildman–Crippen MR) is 81.2 cm³/mol. The predicted octanol–water partition coefficient (Wildman–Crippen LogP) is 1.47. The zero-order valence-corrected chi connectivity index (χ0v) is 12.8. The Balaban J connectivity index is 1.99. The molecule has 6 nitrogen and oxygen atoms in total. The number of oxime groups is 1. The van der Waals surface area contributed by atoms with Crippen molar-refractivity contribution in [1.82, 2.24) is 10.3 Å². The number of amidine groups is 1. The maximum Gasteiger partial charge on any atom is 0.189 e. The molecule has 1 fully saturated rings. The van der Waals surface area contributed by atoms with Crippen molar-refractivity contribution in [3.05, 3.63) is 29.6 Å². The molecule has 6 heteroatoms. The normalized spacial score (nSPS) is 24.6. The molecule has 0 radical (unpaired) electrons. The van der Waals surface area contributed by atoms with Crippen molar-refractivity contribution < 1.29 is 9.94 Å². The average Bonchev–Trinajstić information content (AvgIpc) is 2.49. The second-order valence-electron chi connectivity index (χ2n) is 5.93. The molecule has 21 heavy (non-hydrogen) atoms. The zero-order chi connectivity index (χ0) is 15.5. The third-order valence-electron chi connectivity index (χ3n) is 4.33. The van der Waals surface area contributed by atoms with Gasteiger partial charge in [0.15, 0.2) is 5.84 Å². The summed E-state index contributed by atoms with van der Waals surface area (Å²) in [5.41, 5.74) is 7.20. The first-order chi connectivity index (χ1) is 10.0. The molecule has 0 aliphatic heterocycles. The molecule has 0 spiro atoms. The van der Waals surface area contributed by atoms with Gasteiger partial charge in [0.1, 0.15) is 5.69 Å². The lowest BCUT2D eigenvalue weighted by molar-refractivity contribution is -0.114. The quantitative estimate of drug-likeness (QED) is 0.319. The Labute approximate surface area is 125 Å². The van der Waals surface area contributed by atoms with Gasteiger partial charge in [-0.25, -0.2) is 0 Å². The van der Waals surface area contributed by atoms with E-state index in [2.05, 4.69) is 29.3 Å². The van der Waals surface area contributed by atoms with Gasteiger partial charge in [-0.2, -0.15) is 0 Å². The standard InChI is InChI=1S/C15H24N4O2/c1-4-21-12-8-11(15(12,2)3)18-9-10-6-5-7-17-13(10)14(16)19-20/h5-7,11-12,18,20H,4,8-9H2,1-3H3,(H2,16,19). The first-order valence-electron chi connectivity index (χ1n) is 7.27. The second-order valence-corrected chi connectivity index (χ2v) is 5.93. The van der Waals surface area contributed by atoms with E-state index in [-0.39, 0.29) is 11.3 Å². The summed E-state index contributed by atoms with van der Waals surface area (Å²) >= 11 is 0. The van der Waals surface area contributed by atoms with Gasteiger partial charge < -0.3 is 21.0 Å². The average molecular weight is 292 g/mol. The number of hydrogen-bond donors (Lipinski definition) is 3. The maximum absolute atomic E-state index is 8.81. The van der Waals surface area contributed by atoms with E-state index in [1.54, 1.807) is 6.20 Å². The van der Waals surface area contributed by atoms with E-state index >= 15 is 0 Å². The van der Waals surface area contributed by atoms with Crippen LogP contribution in [-0.2, 0) is 11.3 Å². The van der Waals surface area contributed by atoms with Gasteiger partial charge in [-0.05, 0) is 25.0 Å². The summed E-state index contributed by atoms with van der Waals surface area (Å²) in [4.78, 5) is 4.17. The largest absolute Gasteiger partial charge is 0.409 e. The van der Waals surface area contributed by atoms with E-state index in [1.165, 1.54) is 0 Å². The monoisotopic (exact) mass is 292 g/mol. The van der Waals surface area contributed by atoms with Crippen LogP contribution in [0.3, 0.4) is 0 Å². The minimum Gasteiger partial charge on any atom is -0.409 e. The van der Waals surface area contributed by atoms with Gasteiger partial charge in [0, 0.05) is 30.8 Å². The topological polar surface area (TPSA) is 92.8 Å². The summed E-state index contributed by atoms with van der Waals surface area (Å²) in [5.74, 6) is 0.0347. The highest BCUT2D eigenvalue weighted by molar-refractivity contribution is 5.96. The van der Waals surface area contributed by atoms with E-state index in [1.807, 2.05) is 19.1 Å². The van der Waals surface area contributed by atoms with Crippen molar-refractivity contribution in [3.63, 3.8) is 0 Å². The number of rotatable bonds is 6. The molecule has 1 aliphatic carbocycles. The summed E-state index contributed by atoms with van der Waals surface area (Å²) in [5, 5.41) is 15.4. The smallest absolute Gasteiger partial charge is 0.189 e. The number of pyridine rings is 1. The number of hydrogen-bond acceptors (Lipinski definition) is 5. The van der Waals surface area contributed by atoms with Crippen LogP contribution in [0, 0.1) is 5.41 Å². The Kier molecular flexibility index (Phi) is 4.80. The minimum atomic E-state index is 0.0347. The SMILES string of the molecule is CCOC1CC(NCc2cccnc2/C(N)=N/O)C1(C)C. The maximum atomic E-state index is 8.81. The molecule has 1 aromatic rings. The molecule has 116 valence electrons. The lowest BCUT2D eigenvalue weighted by Gasteiger charge is -2.52. The minimum absolute atomic E-state index is 0.0347. The van der Waals surface area contributed by atoms with Crippen molar-refractivity contribution in [2.75, 3.05) is 6.61 Å². The highest BCUT2D eigenvalue weighted by Crippen LogP contribution is 2.42. The molecule has 0 aromatic carbocycles. The molecule has 2 unspecified atom stereocenters. The highest BCUT2D eigenvalue weighted by Gasteiger charge is 2.48. The third kappa shape index (κ3) is 3.16. The fourth-order valence-electron chi connectivity index (χ4n) is 2.81. The van der Waals surface area contributed by atoms with E-state index in [9.17, 15) is 0 Å². The molecule has 0 amide bonds. The van der Waals surface area contributed by atoms with Crippen LogP contribution in [0.5, 0.6) is 0 Å². The van der Waals surface area contributed by atoms with Crippen LogP contribution in [0.4, 0.5) is 0 Å². The van der Waals surface area contributed by atoms with E-state index in [4.69, 9.17) is 15.7 Å². The van der Waals surface area contributed by atoms with Crippen molar-refractivity contribution in [2.45, 2.75) is 45.9 Å². The summed E-state index contributed by atoms with van der Waals surface area (Å²) in [6, 6.07) is 4.16. The first-order valence-corrected chi connectivity index (χ1v) is 7.27. The highest BCUT2D eigenvalue weighted by atomic mass is 16.5. The van der Waals surface area contributed by atoms with Gasteiger partial charge in [0.25, 0.3) is 0 Å². The molecule has 1 saturated carbocycles. The molecule has 4 N–H and O–H groups in total. The van der Waals surface area contributed by atoms with E-state index in [0.717, 1.165) is 18.6 Å². The number of aromatic nitrogens is 1. The van der Waals surface area contributed by atoms with Gasteiger partial charge in [-0.3, -0.25) is 4.98 Å². The van der Waals surface area contributed by atoms with Crippen molar-refractivity contribution in [1.29, 1.82) is 0 Å². The van der Waals surface area contributed by atoms with Crippen LogP contribution in [0.1, 0.15) is 38.4 Å². The van der Waals surface area contributed by atoms with Gasteiger partial charge in [-0.1, -0.05) is 25.1 Å². The Morgan fingerprint density at radius 1 is 1.62 bits per heavy atom. The molecule has 0 bridgehead atoms. The lowest BCUT2D eigenvalue weighted by Crippen LogP contribution is -2.60. The summed E-state index contributed by atoms with van der Waals surface area (Å²) < 4.78 is 5.73. The second kappa shape index (κ2) is 6.41.